The number of aromatic nitrogens is 1. The number of nitrogens with zero attached hydrogens (tertiary/aromatic N) is 2. The van der Waals surface area contributed by atoms with E-state index in [1.165, 1.54) is 40.5 Å². The third kappa shape index (κ3) is 3.33. The van der Waals surface area contributed by atoms with Crippen molar-refractivity contribution in [3.8, 4) is 10.6 Å². The molecule has 0 bridgehead atoms. The fraction of sp³-hybridized carbons (Fsp3) is 0.111. The highest BCUT2D eigenvalue weighted by Crippen LogP contribution is 2.25. The first-order valence-corrected chi connectivity index (χ1v) is 8.25. The van der Waals surface area contributed by atoms with Crippen LogP contribution in [0.1, 0.15) is 17.4 Å². The molecule has 0 spiro atoms. The summed E-state index contributed by atoms with van der Waals surface area (Å²) in [6.07, 6.45) is 0. The largest absolute Gasteiger partial charge is 0.307 e. The third-order valence-corrected chi connectivity index (χ3v) is 4.39. The summed E-state index contributed by atoms with van der Waals surface area (Å²) in [5.74, 6) is -1.02. The summed E-state index contributed by atoms with van der Waals surface area (Å²) >= 11 is 1.31. The van der Waals surface area contributed by atoms with Gasteiger partial charge in [-0.15, -0.1) is 11.3 Å². The summed E-state index contributed by atoms with van der Waals surface area (Å²) in [7, 11) is 0. The number of thiazole rings is 1. The second-order valence-electron chi connectivity index (χ2n) is 5.07. The minimum absolute atomic E-state index is 0.283. The van der Waals surface area contributed by atoms with Gasteiger partial charge in [-0.3, -0.25) is 4.79 Å². The molecule has 1 heterocycles. The highest BCUT2D eigenvalue weighted by molar-refractivity contribution is 7.13. The van der Waals surface area contributed by atoms with E-state index in [0.29, 0.717) is 17.2 Å². The molecule has 0 saturated carbocycles. The Bertz CT molecular complexity index is 861. The van der Waals surface area contributed by atoms with E-state index in [2.05, 4.69) is 4.98 Å². The zero-order valence-electron chi connectivity index (χ0n) is 12.9. The van der Waals surface area contributed by atoms with E-state index in [0.717, 1.165) is 5.56 Å². The Morgan fingerprint density at radius 1 is 1.12 bits per heavy atom. The van der Waals surface area contributed by atoms with Gasteiger partial charge in [0.15, 0.2) is 0 Å². The van der Waals surface area contributed by atoms with Crippen LogP contribution in [0.15, 0.2) is 53.9 Å². The lowest BCUT2D eigenvalue weighted by atomic mass is 10.2. The monoisotopic (exact) mass is 344 g/mol. The molecule has 0 aliphatic rings. The van der Waals surface area contributed by atoms with Crippen LogP contribution >= 0.6 is 11.3 Å². The minimum Gasteiger partial charge on any atom is -0.307 e. The zero-order valence-corrected chi connectivity index (χ0v) is 13.7. The minimum atomic E-state index is -0.399. The number of benzene rings is 2. The maximum absolute atomic E-state index is 13.4. The topological polar surface area (TPSA) is 33.2 Å². The summed E-state index contributed by atoms with van der Waals surface area (Å²) < 4.78 is 26.4. The Hall–Kier alpha value is -2.60. The predicted octanol–water partition coefficient (Wildman–Crippen LogP) is 4.76. The maximum atomic E-state index is 13.4. The second kappa shape index (κ2) is 6.88. The first-order chi connectivity index (χ1) is 11.6. The third-order valence-electron chi connectivity index (χ3n) is 3.50. The van der Waals surface area contributed by atoms with Crippen molar-refractivity contribution in [2.45, 2.75) is 6.92 Å². The summed E-state index contributed by atoms with van der Waals surface area (Å²) in [6, 6.07) is 11.8. The van der Waals surface area contributed by atoms with Crippen LogP contribution in [0.25, 0.3) is 10.6 Å². The maximum Gasteiger partial charge on any atom is 0.277 e. The van der Waals surface area contributed by atoms with Crippen LogP contribution in [-0.4, -0.2) is 17.4 Å². The number of anilines is 1. The first kappa shape index (κ1) is 16.3. The van der Waals surface area contributed by atoms with Crippen LogP contribution < -0.4 is 4.90 Å². The number of amides is 1. The van der Waals surface area contributed by atoms with Crippen LogP contribution in [0.2, 0.25) is 0 Å². The molecule has 0 saturated heterocycles. The van der Waals surface area contributed by atoms with Crippen LogP contribution in [-0.2, 0) is 0 Å². The van der Waals surface area contributed by atoms with Crippen LogP contribution in [0.4, 0.5) is 14.5 Å². The van der Waals surface area contributed by atoms with Gasteiger partial charge in [-0.2, -0.15) is 0 Å². The number of hydrogen-bond acceptors (Lipinski definition) is 3. The lowest BCUT2D eigenvalue weighted by Gasteiger charge is -2.19. The standard InChI is InChI=1S/C18H14F2N2OS/c1-2-22(15-5-3-4-14(20)10-15)18(23)16-11-24-17(21-16)12-6-8-13(19)9-7-12/h3-11H,2H2,1H3. The van der Waals surface area contributed by atoms with Gasteiger partial charge in [-0.25, -0.2) is 13.8 Å². The Morgan fingerprint density at radius 2 is 1.88 bits per heavy atom. The molecule has 0 fully saturated rings. The lowest BCUT2D eigenvalue weighted by molar-refractivity contribution is 0.0984. The quantitative estimate of drug-likeness (QED) is 0.684. The van der Waals surface area contributed by atoms with Crippen molar-refractivity contribution in [3.05, 3.63) is 71.2 Å². The molecule has 6 heteroatoms. The van der Waals surface area contributed by atoms with Crippen molar-refractivity contribution in [3.63, 3.8) is 0 Å². The number of carbonyl (C=O) groups is 1. The molecule has 3 aromatic rings. The molecule has 0 atom stereocenters. The van der Waals surface area contributed by atoms with Gasteiger partial charge in [-0.05, 0) is 49.4 Å². The van der Waals surface area contributed by atoms with E-state index in [4.69, 9.17) is 0 Å². The number of rotatable bonds is 4. The molecule has 3 rings (SSSR count). The van der Waals surface area contributed by atoms with Crippen molar-refractivity contribution in [1.29, 1.82) is 0 Å². The average Bonchev–Trinajstić information content (AvgIpc) is 3.06. The van der Waals surface area contributed by atoms with Gasteiger partial charge < -0.3 is 4.90 Å². The molecule has 1 amide bonds. The summed E-state index contributed by atoms with van der Waals surface area (Å²) in [5, 5.41) is 2.29. The molecule has 122 valence electrons. The molecule has 0 N–H and O–H groups in total. The summed E-state index contributed by atoms with van der Waals surface area (Å²) in [6.45, 7) is 2.21. The molecule has 0 unspecified atom stereocenters. The Kier molecular flexibility index (Phi) is 4.66. The van der Waals surface area contributed by atoms with Crippen molar-refractivity contribution in [2.24, 2.45) is 0 Å². The fourth-order valence-corrected chi connectivity index (χ4v) is 3.12. The number of carbonyl (C=O) groups excluding carboxylic acids is 1. The summed E-state index contributed by atoms with van der Waals surface area (Å²) in [5.41, 5.74) is 1.51. The van der Waals surface area contributed by atoms with Crippen LogP contribution in [0.5, 0.6) is 0 Å². The highest BCUT2D eigenvalue weighted by Gasteiger charge is 2.19. The van der Waals surface area contributed by atoms with Gasteiger partial charge in [0, 0.05) is 23.2 Å². The van der Waals surface area contributed by atoms with E-state index < -0.39 is 5.82 Å². The molecule has 0 aliphatic heterocycles. The van der Waals surface area contributed by atoms with Crippen molar-refractivity contribution < 1.29 is 13.6 Å². The average molecular weight is 344 g/mol. The molecule has 24 heavy (non-hydrogen) atoms. The highest BCUT2D eigenvalue weighted by atomic mass is 32.1. The molecule has 0 radical (unpaired) electrons. The predicted molar refractivity (Wildman–Crippen MR) is 91.3 cm³/mol. The van der Waals surface area contributed by atoms with E-state index in [-0.39, 0.29) is 17.4 Å². The normalized spacial score (nSPS) is 10.6. The van der Waals surface area contributed by atoms with Crippen LogP contribution in [0, 0.1) is 11.6 Å². The molecule has 3 nitrogen and oxygen atoms in total. The van der Waals surface area contributed by atoms with Crippen molar-refractivity contribution in [1.82, 2.24) is 4.98 Å². The fourth-order valence-electron chi connectivity index (χ4n) is 2.32. The molecular weight excluding hydrogens is 330 g/mol. The molecule has 1 aromatic heterocycles. The van der Waals surface area contributed by atoms with Crippen molar-refractivity contribution >= 4 is 22.9 Å². The summed E-state index contributed by atoms with van der Waals surface area (Å²) in [4.78, 5) is 18.5. The van der Waals surface area contributed by atoms with Gasteiger partial charge in [-0.1, -0.05) is 6.07 Å². The number of halogens is 2. The molecular formula is C18H14F2N2OS. The lowest BCUT2D eigenvalue weighted by Crippen LogP contribution is -2.30. The van der Waals surface area contributed by atoms with Gasteiger partial charge in [0.2, 0.25) is 0 Å². The SMILES string of the molecule is CCN(C(=O)c1csc(-c2ccc(F)cc2)n1)c1cccc(F)c1. The second-order valence-corrected chi connectivity index (χ2v) is 5.93. The number of hydrogen-bond donors (Lipinski definition) is 0. The van der Waals surface area contributed by atoms with Gasteiger partial charge in [0.05, 0.1) is 0 Å². The van der Waals surface area contributed by atoms with E-state index in [1.54, 1.807) is 29.6 Å². The van der Waals surface area contributed by atoms with E-state index in [1.807, 2.05) is 6.92 Å². The van der Waals surface area contributed by atoms with E-state index in [9.17, 15) is 13.6 Å². The Morgan fingerprint density at radius 3 is 2.54 bits per heavy atom. The van der Waals surface area contributed by atoms with Gasteiger partial charge in [0.1, 0.15) is 22.3 Å². The molecule has 2 aromatic carbocycles. The van der Waals surface area contributed by atoms with Gasteiger partial charge >= 0.3 is 0 Å². The van der Waals surface area contributed by atoms with Gasteiger partial charge in [0.25, 0.3) is 5.91 Å². The zero-order chi connectivity index (χ0) is 17.1. The first-order valence-electron chi connectivity index (χ1n) is 7.37. The van der Waals surface area contributed by atoms with Crippen molar-refractivity contribution in [2.75, 3.05) is 11.4 Å². The van der Waals surface area contributed by atoms with Crippen LogP contribution in [0.3, 0.4) is 0 Å². The Balaban J connectivity index is 1.88. The Labute approximate surface area is 142 Å². The smallest absolute Gasteiger partial charge is 0.277 e. The van der Waals surface area contributed by atoms with E-state index >= 15 is 0 Å². The molecule has 0 aliphatic carbocycles.